The second kappa shape index (κ2) is 3.94. The molecule has 0 saturated carbocycles. The van der Waals surface area contributed by atoms with Crippen LogP contribution in [-0.2, 0) is 6.18 Å². The highest BCUT2D eigenvalue weighted by molar-refractivity contribution is 7.13. The number of benzene rings is 1. The Kier molecular flexibility index (Phi) is 2.76. The molecule has 0 aliphatic heterocycles. The third-order valence-electron chi connectivity index (χ3n) is 2.35. The molecule has 0 unspecified atom stereocenters. The second-order valence-electron chi connectivity index (χ2n) is 3.50. The van der Waals surface area contributed by atoms with Crippen molar-refractivity contribution in [3.05, 3.63) is 46.8 Å². The van der Waals surface area contributed by atoms with Crippen molar-refractivity contribution in [3.63, 3.8) is 0 Å². The van der Waals surface area contributed by atoms with Gasteiger partial charge in [0.1, 0.15) is 0 Å². The van der Waals surface area contributed by atoms with Gasteiger partial charge in [-0.15, -0.1) is 11.3 Å². The Labute approximate surface area is 95.4 Å². The van der Waals surface area contributed by atoms with Gasteiger partial charge in [-0.3, -0.25) is 0 Å². The highest BCUT2D eigenvalue weighted by Gasteiger charge is 2.32. The molecule has 0 nitrogen and oxygen atoms in total. The zero-order chi connectivity index (χ0) is 11.8. The zero-order valence-electron chi connectivity index (χ0n) is 8.51. The van der Waals surface area contributed by atoms with Crippen LogP contribution in [0.25, 0.3) is 10.4 Å². The van der Waals surface area contributed by atoms with Gasteiger partial charge in [-0.05, 0) is 35.6 Å². The van der Waals surface area contributed by atoms with Crippen LogP contribution in [-0.4, -0.2) is 0 Å². The molecule has 4 heteroatoms. The lowest BCUT2D eigenvalue weighted by molar-refractivity contribution is -0.138. The Balaban J connectivity index is 2.52. The monoisotopic (exact) mass is 242 g/mol. The minimum Gasteiger partial charge on any atom is -0.166 e. The summed E-state index contributed by atoms with van der Waals surface area (Å²) in [5.74, 6) is 0. The molecular formula is C12H9F3S. The van der Waals surface area contributed by atoms with Crippen molar-refractivity contribution < 1.29 is 13.2 Å². The first-order valence-corrected chi connectivity index (χ1v) is 5.58. The second-order valence-corrected chi connectivity index (χ2v) is 4.45. The van der Waals surface area contributed by atoms with Crippen LogP contribution in [0.4, 0.5) is 13.2 Å². The van der Waals surface area contributed by atoms with Crippen LogP contribution in [0, 0.1) is 6.92 Å². The van der Waals surface area contributed by atoms with Crippen LogP contribution >= 0.6 is 11.3 Å². The van der Waals surface area contributed by atoms with Crippen molar-refractivity contribution in [1.29, 1.82) is 0 Å². The van der Waals surface area contributed by atoms with Crippen LogP contribution in [0.5, 0.6) is 0 Å². The molecule has 1 heterocycles. The molecule has 0 fully saturated rings. The molecular weight excluding hydrogens is 233 g/mol. The van der Waals surface area contributed by atoms with Gasteiger partial charge in [0.05, 0.1) is 5.56 Å². The summed E-state index contributed by atoms with van der Waals surface area (Å²) in [7, 11) is 0. The third kappa shape index (κ3) is 2.11. The summed E-state index contributed by atoms with van der Waals surface area (Å²) in [6, 6.07) is 8.08. The van der Waals surface area contributed by atoms with Crippen molar-refractivity contribution in [1.82, 2.24) is 0 Å². The van der Waals surface area contributed by atoms with Gasteiger partial charge in [-0.25, -0.2) is 0 Å². The van der Waals surface area contributed by atoms with Gasteiger partial charge in [0.15, 0.2) is 0 Å². The molecule has 0 N–H and O–H groups in total. The lowest BCUT2D eigenvalue weighted by Gasteiger charge is -2.11. The smallest absolute Gasteiger partial charge is 0.166 e. The van der Waals surface area contributed by atoms with Crippen LogP contribution < -0.4 is 0 Å². The van der Waals surface area contributed by atoms with Gasteiger partial charge >= 0.3 is 6.18 Å². The largest absolute Gasteiger partial charge is 0.416 e. The quantitative estimate of drug-likeness (QED) is 0.677. The van der Waals surface area contributed by atoms with E-state index in [-0.39, 0.29) is 5.56 Å². The predicted octanol–water partition coefficient (Wildman–Crippen LogP) is 4.74. The van der Waals surface area contributed by atoms with Crippen molar-refractivity contribution in [2.24, 2.45) is 0 Å². The predicted molar refractivity (Wildman–Crippen MR) is 59.5 cm³/mol. The Hall–Kier alpha value is -1.29. The molecule has 0 spiro atoms. The number of hydrogen-bond acceptors (Lipinski definition) is 1. The molecule has 0 aliphatic rings. The van der Waals surface area contributed by atoms with E-state index in [0.717, 1.165) is 4.88 Å². The molecule has 1 aromatic carbocycles. The lowest BCUT2D eigenvalue weighted by Crippen LogP contribution is -2.07. The van der Waals surface area contributed by atoms with E-state index in [4.69, 9.17) is 0 Å². The molecule has 16 heavy (non-hydrogen) atoms. The van der Waals surface area contributed by atoms with Crippen LogP contribution in [0.2, 0.25) is 0 Å². The van der Waals surface area contributed by atoms with Crippen molar-refractivity contribution in [3.8, 4) is 10.4 Å². The van der Waals surface area contributed by atoms with Gasteiger partial charge < -0.3 is 0 Å². The first kappa shape index (κ1) is 11.2. The Morgan fingerprint density at radius 2 is 1.88 bits per heavy atom. The highest BCUT2D eigenvalue weighted by atomic mass is 32.1. The SMILES string of the molecule is Cc1ccc(-c2cccs2)cc1C(F)(F)F. The van der Waals surface area contributed by atoms with Crippen LogP contribution in [0.1, 0.15) is 11.1 Å². The fourth-order valence-electron chi connectivity index (χ4n) is 1.52. The molecule has 0 atom stereocenters. The Morgan fingerprint density at radius 3 is 2.44 bits per heavy atom. The molecule has 0 aliphatic carbocycles. The minimum atomic E-state index is -4.28. The van der Waals surface area contributed by atoms with Gasteiger partial charge in [0, 0.05) is 4.88 Å². The number of thiophene rings is 1. The molecule has 2 rings (SSSR count). The van der Waals surface area contributed by atoms with E-state index in [1.165, 1.54) is 30.4 Å². The number of halogens is 3. The lowest BCUT2D eigenvalue weighted by atomic mass is 10.0. The van der Waals surface area contributed by atoms with Crippen molar-refractivity contribution >= 4 is 11.3 Å². The van der Waals surface area contributed by atoms with E-state index < -0.39 is 11.7 Å². The normalized spacial score (nSPS) is 11.8. The van der Waals surface area contributed by atoms with Gasteiger partial charge in [-0.2, -0.15) is 13.2 Å². The standard InChI is InChI=1S/C12H9F3S/c1-8-4-5-9(11-3-2-6-16-11)7-10(8)12(13,14)15/h2-7H,1H3. The summed E-state index contributed by atoms with van der Waals surface area (Å²) in [6.45, 7) is 1.47. The summed E-state index contributed by atoms with van der Waals surface area (Å²) in [5, 5.41) is 1.85. The average molecular weight is 242 g/mol. The molecule has 0 amide bonds. The maximum Gasteiger partial charge on any atom is 0.416 e. The molecule has 84 valence electrons. The summed E-state index contributed by atoms with van der Waals surface area (Å²) in [6.07, 6.45) is -4.28. The Morgan fingerprint density at radius 1 is 1.12 bits per heavy atom. The fourth-order valence-corrected chi connectivity index (χ4v) is 2.25. The first-order chi connectivity index (χ1) is 7.48. The van der Waals surface area contributed by atoms with Gasteiger partial charge in [0.25, 0.3) is 0 Å². The molecule has 2 aromatic rings. The highest BCUT2D eigenvalue weighted by Crippen LogP contribution is 2.35. The zero-order valence-corrected chi connectivity index (χ0v) is 9.32. The molecule has 1 aromatic heterocycles. The van der Waals surface area contributed by atoms with E-state index in [2.05, 4.69) is 0 Å². The van der Waals surface area contributed by atoms with Gasteiger partial charge in [0.2, 0.25) is 0 Å². The minimum absolute atomic E-state index is 0.257. The summed E-state index contributed by atoms with van der Waals surface area (Å²) < 4.78 is 38.0. The van der Waals surface area contributed by atoms with E-state index in [0.29, 0.717) is 5.56 Å². The summed E-state index contributed by atoms with van der Waals surface area (Å²) in [5.41, 5.74) is 0.319. The van der Waals surface area contributed by atoms with Gasteiger partial charge in [-0.1, -0.05) is 18.2 Å². The van der Waals surface area contributed by atoms with E-state index in [9.17, 15) is 13.2 Å². The third-order valence-corrected chi connectivity index (χ3v) is 3.27. The van der Waals surface area contributed by atoms with Crippen molar-refractivity contribution in [2.45, 2.75) is 13.1 Å². The Bertz CT molecular complexity index is 483. The maximum absolute atomic E-state index is 12.7. The van der Waals surface area contributed by atoms with Crippen LogP contribution in [0.15, 0.2) is 35.7 Å². The summed E-state index contributed by atoms with van der Waals surface area (Å²) >= 11 is 1.43. The number of aryl methyl sites for hydroxylation is 1. The molecule has 0 bridgehead atoms. The number of rotatable bonds is 1. The number of alkyl halides is 3. The fraction of sp³-hybridized carbons (Fsp3) is 0.167. The van der Waals surface area contributed by atoms with E-state index in [1.54, 1.807) is 6.07 Å². The summed E-state index contributed by atoms with van der Waals surface area (Å²) in [4.78, 5) is 0.852. The maximum atomic E-state index is 12.7. The van der Waals surface area contributed by atoms with E-state index in [1.807, 2.05) is 17.5 Å². The molecule has 0 radical (unpaired) electrons. The number of hydrogen-bond donors (Lipinski definition) is 0. The molecule has 0 saturated heterocycles. The average Bonchev–Trinajstić information content (AvgIpc) is 2.69. The van der Waals surface area contributed by atoms with Crippen LogP contribution in [0.3, 0.4) is 0 Å². The van der Waals surface area contributed by atoms with Crippen molar-refractivity contribution in [2.75, 3.05) is 0 Å². The van der Waals surface area contributed by atoms with E-state index >= 15 is 0 Å². The first-order valence-electron chi connectivity index (χ1n) is 4.70. The topological polar surface area (TPSA) is 0 Å².